The predicted octanol–water partition coefficient (Wildman–Crippen LogP) is 0.0187. The average molecular weight is 194 g/mol. The van der Waals surface area contributed by atoms with Gasteiger partial charge in [-0.15, -0.1) is 0 Å². The van der Waals surface area contributed by atoms with Crippen LogP contribution in [0.15, 0.2) is 30.3 Å². The van der Waals surface area contributed by atoms with E-state index >= 15 is 0 Å². The molecule has 14 heavy (non-hydrogen) atoms. The van der Waals surface area contributed by atoms with Crippen LogP contribution in [0.5, 0.6) is 5.75 Å². The molecule has 1 rings (SSSR count). The minimum absolute atomic E-state index is 0.0913. The SMILES string of the molecule is OB(O)CCB(O)Oc1ccccc1. The molecule has 1 aromatic rings. The first kappa shape index (κ1) is 11.1. The van der Waals surface area contributed by atoms with E-state index in [4.69, 9.17) is 14.7 Å². The van der Waals surface area contributed by atoms with Crippen molar-refractivity contribution in [3.8, 4) is 5.75 Å². The molecule has 6 heteroatoms. The quantitative estimate of drug-likeness (QED) is 0.577. The van der Waals surface area contributed by atoms with Gasteiger partial charge in [0.1, 0.15) is 5.75 Å². The average Bonchev–Trinajstić information content (AvgIpc) is 2.16. The minimum Gasteiger partial charge on any atom is -0.536 e. The van der Waals surface area contributed by atoms with Gasteiger partial charge < -0.3 is 19.7 Å². The molecular formula is C8H12B2O4. The summed E-state index contributed by atoms with van der Waals surface area (Å²) in [5.74, 6) is 0.562. The largest absolute Gasteiger partial charge is 0.536 e. The Hall–Kier alpha value is -0.970. The molecule has 3 N–H and O–H groups in total. The summed E-state index contributed by atoms with van der Waals surface area (Å²) in [6.07, 6.45) is 0.278. The van der Waals surface area contributed by atoms with Crippen molar-refractivity contribution in [3.05, 3.63) is 30.3 Å². The molecule has 0 amide bonds. The molecule has 0 saturated heterocycles. The van der Waals surface area contributed by atoms with Gasteiger partial charge in [-0.3, -0.25) is 0 Å². The highest BCUT2D eigenvalue weighted by Gasteiger charge is 2.18. The highest BCUT2D eigenvalue weighted by atomic mass is 16.5. The molecule has 0 bridgehead atoms. The fourth-order valence-electron chi connectivity index (χ4n) is 1.01. The molecule has 0 aliphatic heterocycles. The van der Waals surface area contributed by atoms with Crippen LogP contribution in [-0.4, -0.2) is 29.3 Å². The zero-order valence-electron chi connectivity index (χ0n) is 7.71. The molecule has 0 atom stereocenters. The van der Waals surface area contributed by atoms with Crippen molar-refractivity contribution in [1.29, 1.82) is 0 Å². The zero-order valence-corrected chi connectivity index (χ0v) is 7.71. The van der Waals surface area contributed by atoms with Crippen molar-refractivity contribution < 1.29 is 19.7 Å². The van der Waals surface area contributed by atoms with Crippen molar-refractivity contribution in [2.24, 2.45) is 0 Å². The summed E-state index contributed by atoms with van der Waals surface area (Å²) in [4.78, 5) is 0. The Morgan fingerprint density at radius 1 is 1.00 bits per heavy atom. The van der Waals surface area contributed by atoms with E-state index in [1.54, 1.807) is 24.3 Å². The molecule has 0 aliphatic carbocycles. The van der Waals surface area contributed by atoms with E-state index in [1.165, 1.54) is 0 Å². The van der Waals surface area contributed by atoms with E-state index in [2.05, 4.69) is 0 Å². The Labute approximate surface area is 83.4 Å². The number of hydrogen-bond donors (Lipinski definition) is 3. The Kier molecular flexibility index (Phi) is 4.52. The van der Waals surface area contributed by atoms with Gasteiger partial charge in [-0.25, -0.2) is 0 Å². The van der Waals surface area contributed by atoms with Gasteiger partial charge in [0.25, 0.3) is 0 Å². The molecule has 0 spiro atoms. The van der Waals surface area contributed by atoms with Crippen molar-refractivity contribution in [3.63, 3.8) is 0 Å². The van der Waals surface area contributed by atoms with E-state index in [-0.39, 0.29) is 12.6 Å². The van der Waals surface area contributed by atoms with Gasteiger partial charge in [0.05, 0.1) is 0 Å². The van der Waals surface area contributed by atoms with E-state index < -0.39 is 14.2 Å². The topological polar surface area (TPSA) is 69.9 Å². The second kappa shape index (κ2) is 5.70. The van der Waals surface area contributed by atoms with Gasteiger partial charge in [0.15, 0.2) is 0 Å². The van der Waals surface area contributed by atoms with Crippen molar-refractivity contribution in [2.45, 2.75) is 12.6 Å². The maximum atomic E-state index is 9.31. The molecule has 0 radical (unpaired) electrons. The van der Waals surface area contributed by atoms with Crippen molar-refractivity contribution in [2.75, 3.05) is 0 Å². The first-order valence-electron chi connectivity index (χ1n) is 4.44. The third kappa shape index (κ3) is 4.32. The van der Waals surface area contributed by atoms with Crippen LogP contribution in [-0.2, 0) is 0 Å². The lowest BCUT2D eigenvalue weighted by Gasteiger charge is -2.08. The Bertz CT molecular complexity index is 255. The lowest BCUT2D eigenvalue weighted by molar-refractivity contribution is 0.393. The third-order valence-electron chi connectivity index (χ3n) is 1.69. The molecule has 0 aliphatic rings. The van der Waals surface area contributed by atoms with Gasteiger partial charge in [-0.1, -0.05) is 18.2 Å². The molecular weight excluding hydrogens is 182 g/mol. The van der Waals surface area contributed by atoms with Crippen LogP contribution < -0.4 is 4.65 Å². The van der Waals surface area contributed by atoms with Crippen LogP contribution in [0.1, 0.15) is 0 Å². The maximum absolute atomic E-state index is 9.31. The molecule has 0 unspecified atom stereocenters. The molecule has 0 saturated carbocycles. The standard InChI is InChI=1S/C8H12B2O4/c11-9(12)6-7-10(13)14-8-4-2-1-3-5-8/h1-5,11-13H,6-7H2. The number of rotatable bonds is 5. The van der Waals surface area contributed by atoms with Crippen LogP contribution in [0.2, 0.25) is 12.6 Å². The van der Waals surface area contributed by atoms with E-state index in [9.17, 15) is 5.02 Å². The molecule has 0 heterocycles. The Balaban J connectivity index is 2.30. The van der Waals surface area contributed by atoms with E-state index in [0.717, 1.165) is 0 Å². The van der Waals surface area contributed by atoms with Crippen LogP contribution in [0.25, 0.3) is 0 Å². The normalized spacial score (nSPS) is 9.64. The highest BCUT2D eigenvalue weighted by Crippen LogP contribution is 2.11. The molecule has 1 aromatic carbocycles. The summed E-state index contributed by atoms with van der Waals surface area (Å²) in [5, 5.41) is 26.4. The zero-order chi connectivity index (χ0) is 10.4. The lowest BCUT2D eigenvalue weighted by Crippen LogP contribution is -2.24. The van der Waals surface area contributed by atoms with Crippen LogP contribution in [0, 0.1) is 0 Å². The molecule has 0 aromatic heterocycles. The first-order chi connectivity index (χ1) is 6.68. The van der Waals surface area contributed by atoms with Gasteiger partial charge in [-0.05, 0) is 24.8 Å². The van der Waals surface area contributed by atoms with Crippen molar-refractivity contribution >= 4 is 14.2 Å². The number of para-hydroxylation sites is 1. The predicted molar refractivity (Wildman–Crippen MR) is 54.8 cm³/mol. The Morgan fingerprint density at radius 2 is 1.64 bits per heavy atom. The van der Waals surface area contributed by atoms with Gasteiger partial charge in [-0.2, -0.15) is 0 Å². The smallest absolute Gasteiger partial charge is 0.522 e. The fourth-order valence-corrected chi connectivity index (χ4v) is 1.01. The molecule has 0 fully saturated rings. The summed E-state index contributed by atoms with van der Waals surface area (Å²) in [5.41, 5.74) is 0. The number of benzene rings is 1. The number of hydrogen-bond acceptors (Lipinski definition) is 4. The molecule has 74 valence electrons. The first-order valence-corrected chi connectivity index (χ1v) is 4.44. The summed E-state index contributed by atoms with van der Waals surface area (Å²) >= 11 is 0. The minimum atomic E-state index is -1.40. The monoisotopic (exact) mass is 194 g/mol. The van der Waals surface area contributed by atoms with Gasteiger partial charge in [0, 0.05) is 0 Å². The van der Waals surface area contributed by atoms with E-state index in [1.807, 2.05) is 6.07 Å². The summed E-state index contributed by atoms with van der Waals surface area (Å²) < 4.78 is 5.10. The molecule has 4 nitrogen and oxygen atoms in total. The second-order valence-electron chi connectivity index (χ2n) is 2.94. The van der Waals surface area contributed by atoms with Gasteiger partial charge in [0.2, 0.25) is 0 Å². The highest BCUT2D eigenvalue weighted by molar-refractivity contribution is 6.49. The summed E-state index contributed by atoms with van der Waals surface area (Å²) in [6, 6.07) is 8.87. The summed E-state index contributed by atoms with van der Waals surface area (Å²) in [7, 11) is -2.40. The van der Waals surface area contributed by atoms with E-state index in [0.29, 0.717) is 5.75 Å². The summed E-state index contributed by atoms with van der Waals surface area (Å²) in [6.45, 7) is 0. The van der Waals surface area contributed by atoms with Crippen molar-refractivity contribution in [1.82, 2.24) is 0 Å². The lowest BCUT2D eigenvalue weighted by atomic mass is 9.71. The Morgan fingerprint density at radius 3 is 2.21 bits per heavy atom. The van der Waals surface area contributed by atoms with Crippen LogP contribution in [0.4, 0.5) is 0 Å². The maximum Gasteiger partial charge on any atom is 0.522 e. The fraction of sp³-hybridized carbons (Fsp3) is 0.250. The van der Waals surface area contributed by atoms with Crippen LogP contribution >= 0.6 is 0 Å². The van der Waals surface area contributed by atoms with Gasteiger partial charge >= 0.3 is 14.2 Å². The van der Waals surface area contributed by atoms with Crippen LogP contribution in [0.3, 0.4) is 0 Å². The third-order valence-corrected chi connectivity index (χ3v) is 1.69. The second-order valence-corrected chi connectivity index (χ2v) is 2.94.